The molecule has 7 nitrogen and oxygen atoms in total. The highest BCUT2D eigenvalue weighted by atomic mass is 79.9. The summed E-state index contributed by atoms with van der Waals surface area (Å²) in [6, 6.07) is 15.6. The van der Waals surface area contributed by atoms with Crippen LogP contribution in [-0.4, -0.2) is 38.9 Å². The lowest BCUT2D eigenvalue weighted by Crippen LogP contribution is -2.33. The Balaban J connectivity index is 1.38. The van der Waals surface area contributed by atoms with E-state index in [-0.39, 0.29) is 24.5 Å². The standard InChI is InChI=1S/C30H32BrFN2O5/c1-36-21-7-4-5-20(14-21)34-30(35)17-27-24-16-29(39-22-8-9-25(31)26(32)15-22)28(13-19(24)10-11-33-27)38-18-23-6-2-3-12-37-23/h4-5,7-9,13-16,23,27,33H,2-3,6,10-12,17-18H2,1H3,(H,34,35)/t23?,27-/m1/s1. The van der Waals surface area contributed by atoms with Gasteiger partial charge in [-0.05, 0) is 95.7 Å². The summed E-state index contributed by atoms with van der Waals surface area (Å²) in [5, 5.41) is 6.41. The number of carbonyl (C=O) groups excluding carboxylic acids is 1. The smallest absolute Gasteiger partial charge is 0.226 e. The first-order valence-corrected chi connectivity index (χ1v) is 14.0. The first kappa shape index (κ1) is 27.4. The zero-order valence-corrected chi connectivity index (χ0v) is 23.4. The van der Waals surface area contributed by atoms with Crippen LogP contribution < -0.4 is 24.8 Å². The lowest BCUT2D eigenvalue weighted by molar-refractivity contribution is -0.116. The number of hydrogen-bond acceptors (Lipinski definition) is 6. The number of benzene rings is 3. The van der Waals surface area contributed by atoms with E-state index in [9.17, 15) is 9.18 Å². The normalized spacial score (nSPS) is 18.6. The second-order valence-corrected chi connectivity index (χ2v) is 10.6. The van der Waals surface area contributed by atoms with Gasteiger partial charge in [-0.25, -0.2) is 4.39 Å². The van der Waals surface area contributed by atoms with Gasteiger partial charge in [-0.2, -0.15) is 0 Å². The van der Waals surface area contributed by atoms with Crippen molar-refractivity contribution in [2.45, 2.75) is 44.2 Å². The topological polar surface area (TPSA) is 78.1 Å². The number of methoxy groups -OCH3 is 1. The van der Waals surface area contributed by atoms with Crippen molar-refractivity contribution in [1.29, 1.82) is 0 Å². The second kappa shape index (κ2) is 12.8. The molecule has 5 rings (SSSR count). The third-order valence-electron chi connectivity index (χ3n) is 6.93. The molecule has 3 aromatic carbocycles. The maximum atomic E-state index is 14.2. The van der Waals surface area contributed by atoms with Gasteiger partial charge in [0, 0.05) is 36.9 Å². The summed E-state index contributed by atoms with van der Waals surface area (Å²) in [6.45, 7) is 1.88. The summed E-state index contributed by atoms with van der Waals surface area (Å²) >= 11 is 3.19. The van der Waals surface area contributed by atoms with E-state index in [1.165, 1.54) is 6.07 Å². The first-order valence-electron chi connectivity index (χ1n) is 13.2. The Morgan fingerprint density at radius 2 is 2.03 bits per heavy atom. The molecule has 206 valence electrons. The van der Waals surface area contributed by atoms with Crippen LogP contribution in [0.3, 0.4) is 0 Å². The quantitative estimate of drug-likeness (QED) is 0.291. The van der Waals surface area contributed by atoms with Crippen LogP contribution in [0.4, 0.5) is 10.1 Å². The van der Waals surface area contributed by atoms with Gasteiger partial charge in [-0.1, -0.05) is 6.07 Å². The summed E-state index contributed by atoms with van der Waals surface area (Å²) in [7, 11) is 1.59. The molecule has 1 unspecified atom stereocenters. The molecule has 2 N–H and O–H groups in total. The zero-order chi connectivity index (χ0) is 27.2. The number of rotatable bonds is 9. The number of hydrogen-bond donors (Lipinski definition) is 2. The van der Waals surface area contributed by atoms with Crippen molar-refractivity contribution < 1.29 is 28.1 Å². The van der Waals surface area contributed by atoms with Crippen LogP contribution >= 0.6 is 15.9 Å². The highest BCUT2D eigenvalue weighted by molar-refractivity contribution is 9.10. The lowest BCUT2D eigenvalue weighted by atomic mass is 9.91. The van der Waals surface area contributed by atoms with Gasteiger partial charge in [0.05, 0.1) is 17.7 Å². The molecule has 0 radical (unpaired) electrons. The molecule has 39 heavy (non-hydrogen) atoms. The molecule has 2 atom stereocenters. The van der Waals surface area contributed by atoms with Crippen LogP contribution in [0.5, 0.6) is 23.0 Å². The first-order chi connectivity index (χ1) is 19.0. The average Bonchev–Trinajstić information content (AvgIpc) is 2.95. The van der Waals surface area contributed by atoms with Crippen LogP contribution in [0.15, 0.2) is 59.1 Å². The lowest BCUT2D eigenvalue weighted by Gasteiger charge is -2.29. The summed E-state index contributed by atoms with van der Waals surface area (Å²) in [5.74, 6) is 1.52. The number of fused-ring (bicyclic) bond motifs is 1. The molecular formula is C30H32BrFN2O5. The Morgan fingerprint density at radius 1 is 1.13 bits per heavy atom. The Morgan fingerprint density at radius 3 is 2.82 bits per heavy atom. The minimum atomic E-state index is -0.419. The van der Waals surface area contributed by atoms with Crippen molar-refractivity contribution in [3.05, 3.63) is 76.0 Å². The van der Waals surface area contributed by atoms with Crippen molar-refractivity contribution in [1.82, 2.24) is 5.32 Å². The monoisotopic (exact) mass is 598 g/mol. The molecule has 0 saturated carbocycles. The second-order valence-electron chi connectivity index (χ2n) is 9.72. The fourth-order valence-electron chi connectivity index (χ4n) is 4.91. The van der Waals surface area contributed by atoms with E-state index >= 15 is 0 Å². The average molecular weight is 599 g/mol. The number of anilines is 1. The van der Waals surface area contributed by atoms with Crippen LogP contribution in [0, 0.1) is 5.82 Å². The number of carbonyl (C=O) groups is 1. The fourth-order valence-corrected chi connectivity index (χ4v) is 5.16. The SMILES string of the molecule is COc1cccc(NC(=O)C[C@H]2NCCc3cc(OCC4CCCCO4)c(Oc4ccc(Br)c(F)c4)cc32)c1. The highest BCUT2D eigenvalue weighted by Gasteiger charge is 2.26. The molecule has 0 aromatic heterocycles. The van der Waals surface area contributed by atoms with E-state index in [0.29, 0.717) is 39.8 Å². The van der Waals surface area contributed by atoms with Gasteiger partial charge in [0.1, 0.15) is 23.9 Å². The number of ether oxygens (including phenoxy) is 4. The van der Waals surface area contributed by atoms with Crippen molar-refractivity contribution in [3.63, 3.8) is 0 Å². The van der Waals surface area contributed by atoms with Gasteiger partial charge in [0.25, 0.3) is 0 Å². The predicted octanol–water partition coefficient (Wildman–Crippen LogP) is 6.55. The van der Waals surface area contributed by atoms with Crippen molar-refractivity contribution in [2.24, 2.45) is 0 Å². The molecule has 2 aliphatic heterocycles. The largest absolute Gasteiger partial charge is 0.497 e. The van der Waals surface area contributed by atoms with Gasteiger partial charge in [-0.15, -0.1) is 0 Å². The molecule has 2 heterocycles. The van der Waals surface area contributed by atoms with Gasteiger partial charge in [0.15, 0.2) is 11.5 Å². The summed E-state index contributed by atoms with van der Waals surface area (Å²) in [6.07, 6.45) is 4.18. The Kier molecular flexibility index (Phi) is 9.01. The molecule has 1 amide bonds. The van der Waals surface area contributed by atoms with Crippen molar-refractivity contribution in [2.75, 3.05) is 32.2 Å². The molecule has 9 heteroatoms. The van der Waals surface area contributed by atoms with Crippen LogP contribution in [0.25, 0.3) is 0 Å². The predicted molar refractivity (Wildman–Crippen MR) is 150 cm³/mol. The third kappa shape index (κ3) is 7.09. The van der Waals surface area contributed by atoms with Gasteiger partial charge in [0.2, 0.25) is 5.91 Å². The van der Waals surface area contributed by atoms with Crippen LogP contribution in [-0.2, 0) is 16.0 Å². The molecule has 1 saturated heterocycles. The maximum Gasteiger partial charge on any atom is 0.226 e. The van der Waals surface area contributed by atoms with E-state index in [0.717, 1.165) is 50.0 Å². The van der Waals surface area contributed by atoms with E-state index in [2.05, 4.69) is 26.6 Å². The van der Waals surface area contributed by atoms with E-state index in [1.54, 1.807) is 25.3 Å². The van der Waals surface area contributed by atoms with Crippen molar-refractivity contribution in [3.8, 4) is 23.0 Å². The van der Waals surface area contributed by atoms with Crippen molar-refractivity contribution >= 4 is 27.5 Å². The Labute approximate surface area is 236 Å². The van der Waals surface area contributed by atoms with E-state index in [4.69, 9.17) is 18.9 Å². The summed E-state index contributed by atoms with van der Waals surface area (Å²) in [5.41, 5.74) is 2.71. The maximum absolute atomic E-state index is 14.2. The van der Waals surface area contributed by atoms with E-state index in [1.807, 2.05) is 30.3 Å². The Bertz CT molecular complexity index is 1310. The number of amides is 1. The minimum Gasteiger partial charge on any atom is -0.497 e. The molecule has 0 bridgehead atoms. The highest BCUT2D eigenvalue weighted by Crippen LogP contribution is 2.39. The summed E-state index contributed by atoms with van der Waals surface area (Å²) in [4.78, 5) is 13.0. The molecule has 0 aliphatic carbocycles. The Hall–Kier alpha value is -3.14. The van der Waals surface area contributed by atoms with Gasteiger partial charge >= 0.3 is 0 Å². The summed E-state index contributed by atoms with van der Waals surface area (Å²) < 4.78 is 38.1. The molecule has 2 aliphatic rings. The minimum absolute atomic E-state index is 0.0301. The third-order valence-corrected chi connectivity index (χ3v) is 7.57. The molecular weight excluding hydrogens is 567 g/mol. The van der Waals surface area contributed by atoms with Gasteiger partial charge in [-0.3, -0.25) is 4.79 Å². The zero-order valence-electron chi connectivity index (χ0n) is 21.8. The molecule has 3 aromatic rings. The van der Waals surface area contributed by atoms with Crippen LogP contribution in [0.1, 0.15) is 42.9 Å². The fraction of sp³-hybridized carbons (Fsp3) is 0.367. The molecule has 1 fully saturated rings. The van der Waals surface area contributed by atoms with Gasteiger partial charge < -0.3 is 29.6 Å². The van der Waals surface area contributed by atoms with E-state index < -0.39 is 5.82 Å². The molecule has 0 spiro atoms. The van der Waals surface area contributed by atoms with Crippen LogP contribution in [0.2, 0.25) is 0 Å². The number of nitrogens with one attached hydrogen (secondary N) is 2. The number of halogens is 2.